The minimum Gasteiger partial charge on any atom is -0.493 e. The average molecular weight is 287 g/mol. The molecule has 3 nitrogen and oxygen atoms in total. The Morgan fingerprint density at radius 3 is 2.81 bits per heavy atom. The van der Waals surface area contributed by atoms with E-state index >= 15 is 0 Å². The highest BCUT2D eigenvalue weighted by molar-refractivity contribution is 5.41. The summed E-state index contributed by atoms with van der Waals surface area (Å²) in [5.74, 6) is 1.45. The van der Waals surface area contributed by atoms with Crippen LogP contribution in [-0.4, -0.2) is 42.4 Å². The summed E-state index contributed by atoms with van der Waals surface area (Å²) in [7, 11) is 0. The van der Waals surface area contributed by atoms with Gasteiger partial charge in [0.1, 0.15) is 5.75 Å². The number of nitrogens with zero attached hydrogens (tertiary/aromatic N) is 1. The van der Waals surface area contributed by atoms with Crippen LogP contribution in [0.2, 0.25) is 0 Å². The van der Waals surface area contributed by atoms with Crippen LogP contribution >= 0.6 is 0 Å². The van der Waals surface area contributed by atoms with Gasteiger partial charge in [-0.3, -0.25) is 4.90 Å². The van der Waals surface area contributed by atoms with Crippen LogP contribution in [0.3, 0.4) is 0 Å². The van der Waals surface area contributed by atoms with E-state index in [2.05, 4.69) is 23.1 Å². The fourth-order valence-electron chi connectivity index (χ4n) is 4.63. The number of aliphatic hydroxyl groups is 1. The molecule has 1 aromatic rings. The zero-order valence-corrected chi connectivity index (χ0v) is 12.6. The third kappa shape index (κ3) is 2.18. The fraction of sp³-hybridized carbons (Fsp3) is 0.667. The van der Waals surface area contributed by atoms with Gasteiger partial charge in [0, 0.05) is 30.5 Å². The van der Waals surface area contributed by atoms with Gasteiger partial charge in [-0.05, 0) is 24.5 Å². The van der Waals surface area contributed by atoms with Gasteiger partial charge in [0.15, 0.2) is 0 Å². The Labute approximate surface area is 126 Å². The lowest BCUT2D eigenvalue weighted by Gasteiger charge is -2.38. The van der Waals surface area contributed by atoms with Crippen LogP contribution in [-0.2, 0) is 0 Å². The molecular weight excluding hydrogens is 262 g/mol. The van der Waals surface area contributed by atoms with Gasteiger partial charge in [-0.1, -0.05) is 37.5 Å². The Kier molecular flexibility index (Phi) is 3.43. The highest BCUT2D eigenvalue weighted by atomic mass is 16.5. The maximum atomic E-state index is 10.1. The van der Waals surface area contributed by atoms with Crippen molar-refractivity contribution in [1.29, 1.82) is 0 Å². The van der Waals surface area contributed by atoms with E-state index in [1.54, 1.807) is 0 Å². The first-order valence-electron chi connectivity index (χ1n) is 8.39. The van der Waals surface area contributed by atoms with Crippen molar-refractivity contribution in [3.05, 3.63) is 29.8 Å². The van der Waals surface area contributed by atoms with Crippen LogP contribution in [0.1, 0.15) is 43.6 Å². The molecule has 1 aliphatic carbocycles. The number of para-hydroxylation sites is 1. The number of hydrogen-bond acceptors (Lipinski definition) is 3. The van der Waals surface area contributed by atoms with Gasteiger partial charge in [-0.25, -0.2) is 0 Å². The monoisotopic (exact) mass is 287 g/mol. The molecule has 1 saturated heterocycles. The predicted molar refractivity (Wildman–Crippen MR) is 82.6 cm³/mol. The van der Waals surface area contributed by atoms with Crippen LogP contribution in [0.25, 0.3) is 0 Å². The topological polar surface area (TPSA) is 32.7 Å². The maximum Gasteiger partial charge on any atom is 0.122 e. The van der Waals surface area contributed by atoms with E-state index in [9.17, 15) is 5.11 Å². The van der Waals surface area contributed by atoms with E-state index in [1.807, 2.05) is 6.07 Å². The average Bonchev–Trinajstić information content (AvgIpc) is 2.96. The van der Waals surface area contributed by atoms with Crippen molar-refractivity contribution in [2.24, 2.45) is 5.41 Å². The largest absolute Gasteiger partial charge is 0.493 e. The third-order valence-electron chi connectivity index (χ3n) is 5.89. The van der Waals surface area contributed by atoms with Crippen molar-refractivity contribution >= 4 is 0 Å². The van der Waals surface area contributed by atoms with E-state index in [0.29, 0.717) is 12.5 Å². The van der Waals surface area contributed by atoms with Crippen LogP contribution in [0.5, 0.6) is 5.75 Å². The smallest absolute Gasteiger partial charge is 0.122 e. The lowest BCUT2D eigenvalue weighted by atomic mass is 9.74. The second kappa shape index (κ2) is 5.29. The van der Waals surface area contributed by atoms with Crippen molar-refractivity contribution in [1.82, 2.24) is 4.90 Å². The molecule has 21 heavy (non-hydrogen) atoms. The molecule has 0 aromatic heterocycles. The molecule has 2 heterocycles. The Bertz CT molecular complexity index is 512. The van der Waals surface area contributed by atoms with Crippen LogP contribution in [0, 0.1) is 5.41 Å². The molecular formula is C18H25NO2. The fourth-order valence-corrected chi connectivity index (χ4v) is 4.63. The summed E-state index contributed by atoms with van der Waals surface area (Å²) in [6.07, 6.45) is 6.79. The first-order chi connectivity index (χ1) is 10.3. The van der Waals surface area contributed by atoms with Crippen LogP contribution < -0.4 is 4.74 Å². The second-order valence-corrected chi connectivity index (χ2v) is 7.12. The van der Waals surface area contributed by atoms with Gasteiger partial charge < -0.3 is 9.84 Å². The predicted octanol–water partition coefficient (Wildman–Crippen LogP) is 2.79. The molecule has 3 aliphatic rings. The third-order valence-corrected chi connectivity index (χ3v) is 5.89. The summed E-state index contributed by atoms with van der Waals surface area (Å²) in [4.78, 5) is 2.64. The van der Waals surface area contributed by atoms with Gasteiger partial charge in [-0.15, -0.1) is 0 Å². The Hall–Kier alpha value is -1.06. The quantitative estimate of drug-likeness (QED) is 0.908. The van der Waals surface area contributed by atoms with Gasteiger partial charge in [0.05, 0.1) is 13.2 Å². The molecule has 114 valence electrons. The summed E-state index contributed by atoms with van der Waals surface area (Å²) in [6, 6.07) is 9.12. The summed E-state index contributed by atoms with van der Waals surface area (Å²) in [5, 5.41) is 10.1. The highest BCUT2D eigenvalue weighted by Crippen LogP contribution is 2.50. The number of rotatable bonds is 2. The van der Waals surface area contributed by atoms with Crippen molar-refractivity contribution in [3.8, 4) is 5.75 Å². The number of benzene rings is 1. The standard InChI is InChI=1S/C18H25NO2/c20-12-18-11-19(14-6-2-1-3-7-14)10-16(18)15-8-4-5-9-17(15)21-13-18/h4-5,8-9,14,16,20H,1-3,6-7,10-13H2/t16-,18-/m1/s1. The number of hydrogen-bond donors (Lipinski definition) is 1. The van der Waals surface area contributed by atoms with Crippen molar-refractivity contribution in [3.63, 3.8) is 0 Å². The maximum absolute atomic E-state index is 10.1. The molecule has 2 fully saturated rings. The van der Waals surface area contributed by atoms with Gasteiger partial charge in [0.25, 0.3) is 0 Å². The van der Waals surface area contributed by atoms with Crippen molar-refractivity contribution in [2.75, 3.05) is 26.3 Å². The summed E-state index contributed by atoms with van der Waals surface area (Å²) in [5.41, 5.74) is 1.21. The summed E-state index contributed by atoms with van der Waals surface area (Å²) in [6.45, 7) is 2.97. The molecule has 2 atom stereocenters. The van der Waals surface area contributed by atoms with Crippen molar-refractivity contribution < 1.29 is 9.84 Å². The van der Waals surface area contributed by atoms with E-state index in [0.717, 1.165) is 24.9 Å². The minimum atomic E-state index is -0.0915. The van der Waals surface area contributed by atoms with Crippen molar-refractivity contribution in [2.45, 2.75) is 44.1 Å². The molecule has 2 aliphatic heterocycles. The van der Waals surface area contributed by atoms with Crippen LogP contribution in [0.15, 0.2) is 24.3 Å². The van der Waals surface area contributed by atoms with E-state index in [-0.39, 0.29) is 12.0 Å². The Morgan fingerprint density at radius 1 is 1.19 bits per heavy atom. The first-order valence-corrected chi connectivity index (χ1v) is 8.39. The lowest BCUT2D eigenvalue weighted by Crippen LogP contribution is -2.43. The molecule has 0 amide bonds. The minimum absolute atomic E-state index is 0.0915. The molecule has 0 spiro atoms. The molecule has 1 N–H and O–H groups in total. The SMILES string of the molecule is OC[C@]12COc3ccccc3[C@H]1CN(C1CCCCC1)C2. The van der Waals surface area contributed by atoms with Gasteiger partial charge in [0.2, 0.25) is 0 Å². The molecule has 0 unspecified atom stereocenters. The zero-order chi connectivity index (χ0) is 14.3. The molecule has 1 saturated carbocycles. The number of ether oxygens (including phenoxy) is 1. The van der Waals surface area contributed by atoms with Gasteiger partial charge >= 0.3 is 0 Å². The molecule has 0 bridgehead atoms. The summed E-state index contributed by atoms with van der Waals surface area (Å²) >= 11 is 0. The molecule has 0 radical (unpaired) electrons. The van der Waals surface area contributed by atoms with E-state index < -0.39 is 0 Å². The lowest BCUT2D eigenvalue weighted by molar-refractivity contribution is 0.0413. The normalized spacial score (nSPS) is 33.3. The highest BCUT2D eigenvalue weighted by Gasteiger charge is 2.51. The number of likely N-dealkylation sites (tertiary alicyclic amines) is 1. The molecule has 4 rings (SSSR count). The Balaban J connectivity index is 1.63. The zero-order valence-electron chi connectivity index (χ0n) is 12.6. The molecule has 3 heteroatoms. The number of aliphatic hydroxyl groups excluding tert-OH is 1. The first kappa shape index (κ1) is 13.6. The Morgan fingerprint density at radius 2 is 2.00 bits per heavy atom. The number of fused-ring (bicyclic) bond motifs is 3. The summed E-state index contributed by atoms with van der Waals surface area (Å²) < 4.78 is 5.98. The molecule has 1 aromatic carbocycles. The second-order valence-electron chi connectivity index (χ2n) is 7.12. The van der Waals surface area contributed by atoms with Crippen LogP contribution in [0.4, 0.5) is 0 Å². The van der Waals surface area contributed by atoms with E-state index in [4.69, 9.17) is 4.74 Å². The van der Waals surface area contributed by atoms with E-state index in [1.165, 1.54) is 37.7 Å². The van der Waals surface area contributed by atoms with Gasteiger partial charge in [-0.2, -0.15) is 0 Å².